The number of nitrogens with zero attached hydrogens (tertiary/aromatic N) is 3. The number of rotatable bonds is 10. The van der Waals surface area contributed by atoms with E-state index in [2.05, 4.69) is 20.7 Å². The minimum Gasteiger partial charge on any atom is -0.503 e. The van der Waals surface area contributed by atoms with Crippen LogP contribution in [0.4, 0.5) is 0 Å². The van der Waals surface area contributed by atoms with Crippen LogP contribution in [0, 0.1) is 0 Å². The Kier molecular flexibility index (Phi) is 9.07. The largest absolute Gasteiger partial charge is 0.503 e. The van der Waals surface area contributed by atoms with E-state index in [1.165, 1.54) is 12.3 Å². The molecule has 0 aliphatic carbocycles. The van der Waals surface area contributed by atoms with Gasteiger partial charge in [-0.25, -0.2) is 5.43 Å². The molecule has 0 saturated carbocycles. The molecule has 0 bridgehead atoms. The summed E-state index contributed by atoms with van der Waals surface area (Å²) >= 11 is 18.9. The standard InChI is InChI=1S/C20H17Cl3N4O5S/c1-2-30-16-6-11(5-14(23)19(16)29)8-24-25-17(28)10-33-20-27-26-18(32-20)9-31-15-4-3-12(21)7-13(15)22/h3-8,29H,2,9-10H2,1H3,(H,25,28)/b24-8-. The number of aromatic hydroxyl groups is 1. The van der Waals surface area contributed by atoms with Crippen molar-refractivity contribution in [2.45, 2.75) is 18.8 Å². The minimum atomic E-state index is -0.393. The quantitative estimate of drug-likeness (QED) is 0.214. The fourth-order valence-electron chi connectivity index (χ4n) is 2.36. The zero-order valence-electron chi connectivity index (χ0n) is 17.0. The van der Waals surface area contributed by atoms with Gasteiger partial charge < -0.3 is 19.0 Å². The van der Waals surface area contributed by atoms with Crippen LogP contribution < -0.4 is 14.9 Å². The highest BCUT2D eigenvalue weighted by Gasteiger charge is 2.12. The Bertz CT molecular complexity index is 1160. The Morgan fingerprint density at radius 2 is 2.00 bits per heavy atom. The second kappa shape index (κ2) is 12.0. The van der Waals surface area contributed by atoms with E-state index in [9.17, 15) is 9.90 Å². The molecule has 174 valence electrons. The van der Waals surface area contributed by atoms with Crippen LogP contribution in [0.1, 0.15) is 18.4 Å². The van der Waals surface area contributed by atoms with E-state index < -0.39 is 5.91 Å². The Labute approximate surface area is 208 Å². The second-order valence-corrected chi connectivity index (χ2v) is 8.37. The Hall–Kier alpha value is -2.66. The third-order valence-electron chi connectivity index (χ3n) is 3.77. The first-order valence-corrected chi connectivity index (χ1v) is 11.5. The smallest absolute Gasteiger partial charge is 0.277 e. The van der Waals surface area contributed by atoms with E-state index in [1.807, 2.05) is 0 Å². The predicted octanol–water partition coefficient (Wildman–Crippen LogP) is 4.96. The van der Waals surface area contributed by atoms with E-state index in [-0.39, 0.29) is 40.0 Å². The molecule has 1 aromatic heterocycles. The van der Waals surface area contributed by atoms with Gasteiger partial charge in [0.2, 0.25) is 0 Å². The molecule has 2 N–H and O–H groups in total. The van der Waals surface area contributed by atoms with Gasteiger partial charge in [-0.05, 0) is 42.8 Å². The number of ether oxygens (including phenoxy) is 2. The molecular formula is C20H17Cl3N4O5S. The third-order valence-corrected chi connectivity index (χ3v) is 5.41. The first-order chi connectivity index (χ1) is 15.9. The van der Waals surface area contributed by atoms with Crippen molar-refractivity contribution in [3.05, 3.63) is 56.9 Å². The summed E-state index contributed by atoms with van der Waals surface area (Å²) in [6.07, 6.45) is 1.38. The lowest BCUT2D eigenvalue weighted by Crippen LogP contribution is -2.19. The molecule has 0 fully saturated rings. The number of hydrazone groups is 1. The lowest BCUT2D eigenvalue weighted by Gasteiger charge is -2.08. The lowest BCUT2D eigenvalue weighted by atomic mass is 10.2. The molecule has 13 heteroatoms. The third kappa shape index (κ3) is 7.43. The molecule has 9 nitrogen and oxygen atoms in total. The van der Waals surface area contributed by atoms with Gasteiger partial charge in [0.15, 0.2) is 18.1 Å². The average Bonchev–Trinajstić information content (AvgIpc) is 3.23. The van der Waals surface area contributed by atoms with Crippen LogP contribution in [0.2, 0.25) is 15.1 Å². The van der Waals surface area contributed by atoms with Crippen molar-refractivity contribution in [1.82, 2.24) is 15.6 Å². The molecule has 0 unspecified atom stereocenters. The number of carbonyl (C=O) groups excluding carboxylic acids is 1. The molecule has 1 heterocycles. The predicted molar refractivity (Wildman–Crippen MR) is 126 cm³/mol. The fourth-order valence-corrected chi connectivity index (χ4v) is 3.61. The number of amides is 1. The van der Waals surface area contributed by atoms with Gasteiger partial charge in [-0.2, -0.15) is 5.10 Å². The van der Waals surface area contributed by atoms with Crippen molar-refractivity contribution in [2.24, 2.45) is 5.10 Å². The summed E-state index contributed by atoms with van der Waals surface area (Å²) in [5, 5.41) is 22.6. The van der Waals surface area contributed by atoms with Gasteiger partial charge in [-0.15, -0.1) is 10.2 Å². The number of hydrogen-bond acceptors (Lipinski definition) is 9. The number of benzene rings is 2. The maximum absolute atomic E-state index is 12.0. The Balaban J connectivity index is 1.46. The molecule has 2 aromatic carbocycles. The summed E-state index contributed by atoms with van der Waals surface area (Å²) in [6, 6.07) is 7.87. The highest BCUT2D eigenvalue weighted by molar-refractivity contribution is 7.99. The second-order valence-electron chi connectivity index (χ2n) is 6.19. The summed E-state index contributed by atoms with van der Waals surface area (Å²) < 4.78 is 16.2. The van der Waals surface area contributed by atoms with Crippen LogP contribution >= 0.6 is 46.6 Å². The molecule has 0 atom stereocenters. The van der Waals surface area contributed by atoms with Gasteiger partial charge in [0.25, 0.3) is 17.0 Å². The number of carbonyl (C=O) groups is 1. The molecular weight excluding hydrogens is 515 g/mol. The van der Waals surface area contributed by atoms with Crippen LogP contribution in [0.15, 0.2) is 45.1 Å². The van der Waals surface area contributed by atoms with Crippen LogP contribution in [-0.2, 0) is 11.4 Å². The zero-order chi connectivity index (χ0) is 23.8. The number of hydrogen-bond donors (Lipinski definition) is 2. The molecule has 0 aliphatic rings. The first-order valence-electron chi connectivity index (χ1n) is 9.36. The number of thioether (sulfide) groups is 1. The maximum Gasteiger partial charge on any atom is 0.277 e. The number of phenols is 1. The number of halogens is 3. The molecule has 1 amide bonds. The first kappa shape index (κ1) is 25.0. The van der Waals surface area contributed by atoms with Gasteiger partial charge in [0, 0.05) is 5.02 Å². The topological polar surface area (TPSA) is 119 Å². The highest BCUT2D eigenvalue weighted by Crippen LogP contribution is 2.34. The van der Waals surface area contributed by atoms with Crippen molar-refractivity contribution < 1.29 is 23.8 Å². The SMILES string of the molecule is CCOc1cc(/C=N\NC(=O)CSc2nnc(COc3ccc(Cl)cc3Cl)o2)cc(Cl)c1O. The van der Waals surface area contributed by atoms with E-state index >= 15 is 0 Å². The van der Waals surface area contributed by atoms with Gasteiger partial charge in [-0.3, -0.25) is 4.79 Å². The van der Waals surface area contributed by atoms with Crippen molar-refractivity contribution in [1.29, 1.82) is 0 Å². The van der Waals surface area contributed by atoms with Crippen LogP contribution in [-0.4, -0.2) is 39.8 Å². The van der Waals surface area contributed by atoms with Crippen molar-refractivity contribution in [3.8, 4) is 17.2 Å². The monoisotopic (exact) mass is 530 g/mol. The summed E-state index contributed by atoms with van der Waals surface area (Å²) in [5.74, 6) is 0.309. The number of phenolic OH excluding ortho intramolecular Hbond substituents is 1. The normalized spacial score (nSPS) is 11.0. The number of aromatic nitrogens is 2. The van der Waals surface area contributed by atoms with E-state index in [0.29, 0.717) is 28.0 Å². The summed E-state index contributed by atoms with van der Waals surface area (Å²) in [6.45, 7) is 2.14. The molecule has 0 saturated heterocycles. The summed E-state index contributed by atoms with van der Waals surface area (Å²) in [4.78, 5) is 12.0. The van der Waals surface area contributed by atoms with Crippen molar-refractivity contribution in [2.75, 3.05) is 12.4 Å². The molecule has 3 aromatic rings. The Morgan fingerprint density at radius 1 is 1.18 bits per heavy atom. The van der Waals surface area contributed by atoms with E-state index in [0.717, 1.165) is 11.8 Å². The van der Waals surface area contributed by atoms with E-state index in [4.69, 9.17) is 48.7 Å². The minimum absolute atomic E-state index is 0.00429. The van der Waals surface area contributed by atoms with Crippen LogP contribution in [0.5, 0.6) is 17.2 Å². The van der Waals surface area contributed by atoms with Crippen LogP contribution in [0.25, 0.3) is 0 Å². The van der Waals surface area contributed by atoms with Gasteiger partial charge >= 0.3 is 0 Å². The fraction of sp³-hybridized carbons (Fsp3) is 0.200. The van der Waals surface area contributed by atoms with Crippen molar-refractivity contribution in [3.63, 3.8) is 0 Å². The lowest BCUT2D eigenvalue weighted by molar-refractivity contribution is -0.118. The zero-order valence-corrected chi connectivity index (χ0v) is 20.1. The van der Waals surface area contributed by atoms with Gasteiger partial charge in [0.1, 0.15) is 5.75 Å². The average molecular weight is 532 g/mol. The molecule has 0 radical (unpaired) electrons. The van der Waals surface area contributed by atoms with Crippen LogP contribution in [0.3, 0.4) is 0 Å². The van der Waals surface area contributed by atoms with Gasteiger partial charge in [-0.1, -0.05) is 46.6 Å². The molecule has 0 aliphatic heterocycles. The van der Waals surface area contributed by atoms with Gasteiger partial charge in [0.05, 0.1) is 28.6 Å². The summed E-state index contributed by atoms with van der Waals surface area (Å²) in [5.41, 5.74) is 2.91. The summed E-state index contributed by atoms with van der Waals surface area (Å²) in [7, 11) is 0. The van der Waals surface area contributed by atoms with Crippen molar-refractivity contribution >= 4 is 58.7 Å². The Morgan fingerprint density at radius 3 is 2.76 bits per heavy atom. The number of nitrogens with one attached hydrogen (secondary N) is 1. The highest BCUT2D eigenvalue weighted by atomic mass is 35.5. The molecule has 3 rings (SSSR count). The molecule has 0 spiro atoms. The molecule has 33 heavy (non-hydrogen) atoms. The van der Waals surface area contributed by atoms with E-state index in [1.54, 1.807) is 31.2 Å². The maximum atomic E-state index is 12.0.